The summed E-state index contributed by atoms with van der Waals surface area (Å²) in [6.07, 6.45) is 1.42. The number of nitrogens with zero attached hydrogens (tertiary/aromatic N) is 2. The number of para-hydroxylation sites is 1. The van der Waals surface area contributed by atoms with E-state index in [1.807, 2.05) is 13.8 Å². The van der Waals surface area contributed by atoms with E-state index < -0.39 is 16.9 Å². The molecule has 2 aromatic carbocycles. The number of nitro benzene ring substituents is 1. The number of hydrogen-bond acceptors (Lipinski definition) is 6. The first-order valence-electron chi connectivity index (χ1n) is 9.21. The minimum absolute atomic E-state index is 0.00649. The van der Waals surface area contributed by atoms with Crippen molar-refractivity contribution < 1.29 is 24.0 Å². The molecule has 9 heteroatoms. The number of nitro groups is 1. The number of imide groups is 1. The molecule has 0 unspecified atom stereocenters. The van der Waals surface area contributed by atoms with E-state index in [9.17, 15) is 19.7 Å². The van der Waals surface area contributed by atoms with Crippen LogP contribution in [0.25, 0.3) is 6.08 Å². The van der Waals surface area contributed by atoms with Crippen molar-refractivity contribution in [3.8, 4) is 11.5 Å². The molecule has 1 saturated heterocycles. The number of urea groups is 1. The third-order valence-electron chi connectivity index (χ3n) is 4.33. The third-order valence-corrected chi connectivity index (χ3v) is 4.33. The van der Waals surface area contributed by atoms with E-state index in [1.165, 1.54) is 37.5 Å². The fraction of sp³-hybridized carbons (Fsp3) is 0.238. The maximum Gasteiger partial charge on any atom is 0.329 e. The second-order valence-electron chi connectivity index (χ2n) is 6.85. The van der Waals surface area contributed by atoms with Crippen molar-refractivity contribution in [3.05, 3.63) is 69.4 Å². The Morgan fingerprint density at radius 1 is 1.17 bits per heavy atom. The number of rotatable bonds is 7. The highest BCUT2D eigenvalue weighted by molar-refractivity contribution is 6.14. The molecule has 1 heterocycles. The van der Waals surface area contributed by atoms with E-state index >= 15 is 0 Å². The fourth-order valence-corrected chi connectivity index (χ4v) is 2.95. The van der Waals surface area contributed by atoms with Gasteiger partial charge in [0.1, 0.15) is 5.70 Å². The van der Waals surface area contributed by atoms with E-state index in [4.69, 9.17) is 9.47 Å². The number of non-ortho nitro benzene ring substituents is 1. The number of benzene rings is 2. The molecule has 1 aliphatic rings. The summed E-state index contributed by atoms with van der Waals surface area (Å²) in [6, 6.07) is 10.4. The van der Waals surface area contributed by atoms with Crippen LogP contribution in [-0.4, -0.2) is 35.0 Å². The van der Waals surface area contributed by atoms with Gasteiger partial charge in [0.25, 0.3) is 11.6 Å². The molecule has 30 heavy (non-hydrogen) atoms. The Morgan fingerprint density at radius 3 is 2.47 bits per heavy atom. The average Bonchev–Trinajstić information content (AvgIpc) is 2.96. The SMILES string of the molecule is COc1cccc(/C=C2\NC(=O)N(Cc3ccc([N+](=O)[O-])cc3)C2=O)c1OC(C)C. The molecule has 0 aliphatic carbocycles. The average molecular weight is 411 g/mol. The molecule has 0 aromatic heterocycles. The van der Waals surface area contributed by atoms with Gasteiger partial charge in [-0.25, -0.2) is 4.79 Å². The lowest BCUT2D eigenvalue weighted by Crippen LogP contribution is -2.30. The van der Waals surface area contributed by atoms with Gasteiger partial charge in [0.15, 0.2) is 11.5 Å². The van der Waals surface area contributed by atoms with Crippen molar-refractivity contribution >= 4 is 23.7 Å². The summed E-state index contributed by atoms with van der Waals surface area (Å²) in [6.45, 7) is 3.74. The van der Waals surface area contributed by atoms with Crippen LogP contribution in [0.2, 0.25) is 0 Å². The summed E-state index contributed by atoms with van der Waals surface area (Å²) in [5, 5.41) is 13.3. The van der Waals surface area contributed by atoms with Gasteiger partial charge in [-0.3, -0.25) is 19.8 Å². The first kappa shape index (κ1) is 20.8. The molecule has 156 valence electrons. The molecule has 2 aromatic rings. The number of carbonyl (C=O) groups excluding carboxylic acids is 2. The molecule has 9 nitrogen and oxygen atoms in total. The molecule has 3 amide bonds. The van der Waals surface area contributed by atoms with Crippen molar-refractivity contribution in [2.75, 3.05) is 7.11 Å². The fourth-order valence-electron chi connectivity index (χ4n) is 2.95. The van der Waals surface area contributed by atoms with Gasteiger partial charge in [-0.05, 0) is 31.6 Å². The van der Waals surface area contributed by atoms with E-state index in [2.05, 4.69) is 5.32 Å². The molecule has 1 N–H and O–H groups in total. The molecule has 0 spiro atoms. The van der Waals surface area contributed by atoms with Crippen LogP contribution >= 0.6 is 0 Å². The number of nitrogens with one attached hydrogen (secondary N) is 1. The molecule has 0 bridgehead atoms. The predicted molar refractivity (Wildman–Crippen MR) is 109 cm³/mol. The Kier molecular flexibility index (Phi) is 6.01. The summed E-state index contributed by atoms with van der Waals surface area (Å²) >= 11 is 0. The van der Waals surface area contributed by atoms with Crippen LogP contribution < -0.4 is 14.8 Å². The molecular weight excluding hydrogens is 390 g/mol. The topological polar surface area (TPSA) is 111 Å². The summed E-state index contributed by atoms with van der Waals surface area (Å²) in [5.74, 6) is 0.479. The summed E-state index contributed by atoms with van der Waals surface area (Å²) < 4.78 is 11.2. The Labute approximate surface area is 173 Å². The largest absolute Gasteiger partial charge is 0.493 e. The lowest BCUT2D eigenvalue weighted by molar-refractivity contribution is -0.384. The monoisotopic (exact) mass is 411 g/mol. The van der Waals surface area contributed by atoms with Crippen LogP contribution in [0.3, 0.4) is 0 Å². The van der Waals surface area contributed by atoms with Crippen molar-refractivity contribution in [2.45, 2.75) is 26.5 Å². The lowest BCUT2D eigenvalue weighted by Gasteiger charge is -2.16. The summed E-state index contributed by atoms with van der Waals surface area (Å²) in [4.78, 5) is 36.4. The van der Waals surface area contributed by atoms with Crippen molar-refractivity contribution in [1.82, 2.24) is 10.2 Å². The van der Waals surface area contributed by atoms with Gasteiger partial charge in [0.2, 0.25) is 0 Å². The zero-order valence-electron chi connectivity index (χ0n) is 16.7. The second kappa shape index (κ2) is 8.64. The number of hydrogen-bond donors (Lipinski definition) is 1. The number of amides is 3. The van der Waals surface area contributed by atoms with Crippen LogP contribution in [0.5, 0.6) is 11.5 Å². The quantitative estimate of drug-likeness (QED) is 0.323. The van der Waals surface area contributed by atoms with Crippen molar-refractivity contribution in [1.29, 1.82) is 0 Å². The minimum Gasteiger partial charge on any atom is -0.493 e. The standard InChI is InChI=1S/C21H21N3O6/c1-13(2)30-19-15(5-4-6-18(19)29-3)11-17-20(25)23(21(26)22-17)12-14-7-9-16(10-8-14)24(27)28/h4-11,13H,12H2,1-3H3,(H,22,26)/b17-11-. The Hall–Kier alpha value is -3.88. The first-order chi connectivity index (χ1) is 14.3. The molecule has 3 rings (SSSR count). The lowest BCUT2D eigenvalue weighted by atomic mass is 10.1. The third kappa shape index (κ3) is 4.40. The Balaban J connectivity index is 1.85. The summed E-state index contributed by atoms with van der Waals surface area (Å²) in [5.41, 5.74) is 1.22. The maximum absolute atomic E-state index is 12.8. The van der Waals surface area contributed by atoms with Gasteiger partial charge in [0, 0.05) is 17.7 Å². The van der Waals surface area contributed by atoms with E-state index in [0.717, 1.165) is 4.90 Å². The van der Waals surface area contributed by atoms with Gasteiger partial charge in [-0.2, -0.15) is 0 Å². The highest BCUT2D eigenvalue weighted by Crippen LogP contribution is 2.34. The van der Waals surface area contributed by atoms with Gasteiger partial charge in [-0.1, -0.05) is 24.3 Å². The molecule has 1 fully saturated rings. The zero-order chi connectivity index (χ0) is 21.8. The highest BCUT2D eigenvalue weighted by Gasteiger charge is 2.34. The normalized spacial score (nSPS) is 14.9. The maximum atomic E-state index is 12.8. The Morgan fingerprint density at radius 2 is 1.87 bits per heavy atom. The Bertz CT molecular complexity index is 1010. The van der Waals surface area contributed by atoms with Gasteiger partial charge < -0.3 is 14.8 Å². The van der Waals surface area contributed by atoms with Gasteiger partial charge in [-0.15, -0.1) is 0 Å². The predicted octanol–water partition coefficient (Wildman–Crippen LogP) is 3.48. The highest BCUT2D eigenvalue weighted by atomic mass is 16.6. The van der Waals surface area contributed by atoms with Crippen LogP contribution in [-0.2, 0) is 11.3 Å². The van der Waals surface area contributed by atoms with E-state index in [0.29, 0.717) is 22.6 Å². The number of methoxy groups -OCH3 is 1. The number of carbonyl (C=O) groups is 2. The molecular formula is C21H21N3O6. The van der Waals surface area contributed by atoms with Gasteiger partial charge in [0.05, 0.1) is 24.7 Å². The number of ether oxygens (including phenoxy) is 2. The molecule has 0 saturated carbocycles. The zero-order valence-corrected chi connectivity index (χ0v) is 16.7. The minimum atomic E-state index is -0.571. The van der Waals surface area contributed by atoms with Crippen molar-refractivity contribution in [2.24, 2.45) is 0 Å². The molecule has 0 atom stereocenters. The van der Waals surface area contributed by atoms with E-state index in [1.54, 1.807) is 18.2 Å². The molecule has 1 aliphatic heterocycles. The second-order valence-corrected chi connectivity index (χ2v) is 6.85. The van der Waals surface area contributed by atoms with Crippen LogP contribution in [0, 0.1) is 10.1 Å². The smallest absolute Gasteiger partial charge is 0.329 e. The summed E-state index contributed by atoms with van der Waals surface area (Å²) in [7, 11) is 1.52. The van der Waals surface area contributed by atoms with Crippen LogP contribution in [0.4, 0.5) is 10.5 Å². The van der Waals surface area contributed by atoms with Crippen molar-refractivity contribution in [3.63, 3.8) is 0 Å². The van der Waals surface area contributed by atoms with Gasteiger partial charge >= 0.3 is 6.03 Å². The van der Waals surface area contributed by atoms with Crippen LogP contribution in [0.15, 0.2) is 48.2 Å². The molecule has 0 radical (unpaired) electrons. The van der Waals surface area contributed by atoms with E-state index in [-0.39, 0.29) is 24.0 Å². The first-order valence-corrected chi connectivity index (χ1v) is 9.21. The van der Waals surface area contributed by atoms with Crippen LogP contribution in [0.1, 0.15) is 25.0 Å².